The molecule has 1 aromatic carbocycles. The van der Waals surface area contributed by atoms with E-state index in [9.17, 15) is 4.39 Å². The molecule has 0 radical (unpaired) electrons. The van der Waals surface area contributed by atoms with Crippen molar-refractivity contribution in [3.05, 3.63) is 34.1 Å². The van der Waals surface area contributed by atoms with E-state index in [1.807, 2.05) is 6.07 Å². The molecule has 2 rings (SSSR count). The molecular formula is C14H21BrClFN2O. The third kappa shape index (κ3) is 4.67. The number of hydrogen-bond donors (Lipinski definition) is 2. The van der Waals surface area contributed by atoms with Crippen molar-refractivity contribution >= 4 is 28.3 Å². The lowest BCUT2D eigenvalue weighted by Gasteiger charge is -2.35. The van der Waals surface area contributed by atoms with Crippen LogP contribution < -0.4 is 5.32 Å². The van der Waals surface area contributed by atoms with Gasteiger partial charge in [0.25, 0.3) is 0 Å². The highest BCUT2D eigenvalue weighted by Crippen LogP contribution is 2.32. The third-order valence-corrected chi connectivity index (χ3v) is 4.24. The summed E-state index contributed by atoms with van der Waals surface area (Å²) in [5, 5.41) is 12.4. The summed E-state index contributed by atoms with van der Waals surface area (Å²) in [5.74, 6) is -0.225. The topological polar surface area (TPSA) is 35.5 Å². The molecule has 0 saturated carbocycles. The van der Waals surface area contributed by atoms with Crippen molar-refractivity contribution < 1.29 is 9.50 Å². The number of rotatable bonds is 5. The first-order valence-corrected chi connectivity index (χ1v) is 7.52. The zero-order valence-electron chi connectivity index (χ0n) is 11.3. The summed E-state index contributed by atoms with van der Waals surface area (Å²) in [6.45, 7) is 4.13. The lowest BCUT2D eigenvalue weighted by Crippen LogP contribution is -2.45. The number of aliphatic hydroxyl groups excluding tert-OH is 1. The van der Waals surface area contributed by atoms with Crippen LogP contribution in [-0.2, 0) is 0 Å². The standard InChI is InChI=1S/C14H20BrFN2O.ClH/c15-13-10-11(16)3-4-12(13)14(2-1-9-19)18-7-5-17-6-8-18;/h3-4,10,14,17,19H,1-2,5-9H2;1H/t14-;/m1./s1. The van der Waals surface area contributed by atoms with Gasteiger partial charge in [0.2, 0.25) is 0 Å². The minimum Gasteiger partial charge on any atom is -0.396 e. The fourth-order valence-electron chi connectivity index (χ4n) is 2.58. The molecule has 3 nitrogen and oxygen atoms in total. The lowest BCUT2D eigenvalue weighted by atomic mass is 9.99. The zero-order chi connectivity index (χ0) is 13.7. The minimum absolute atomic E-state index is 0. The van der Waals surface area contributed by atoms with Gasteiger partial charge in [0, 0.05) is 43.3 Å². The summed E-state index contributed by atoms with van der Waals surface area (Å²) in [6.07, 6.45) is 1.65. The Labute approximate surface area is 134 Å². The van der Waals surface area contributed by atoms with Crippen LogP contribution in [0, 0.1) is 5.82 Å². The van der Waals surface area contributed by atoms with Crippen molar-refractivity contribution in [2.45, 2.75) is 18.9 Å². The van der Waals surface area contributed by atoms with Gasteiger partial charge >= 0.3 is 0 Å². The van der Waals surface area contributed by atoms with Crippen molar-refractivity contribution in [2.24, 2.45) is 0 Å². The molecule has 1 aromatic rings. The number of halogens is 3. The highest BCUT2D eigenvalue weighted by molar-refractivity contribution is 9.10. The van der Waals surface area contributed by atoms with E-state index in [1.54, 1.807) is 0 Å². The largest absolute Gasteiger partial charge is 0.396 e. The van der Waals surface area contributed by atoms with Crippen LogP contribution in [0.3, 0.4) is 0 Å². The molecule has 0 bridgehead atoms. The quantitative estimate of drug-likeness (QED) is 0.840. The summed E-state index contributed by atoms with van der Waals surface area (Å²) in [6, 6.07) is 5.12. The van der Waals surface area contributed by atoms with Crippen molar-refractivity contribution in [2.75, 3.05) is 32.8 Å². The van der Waals surface area contributed by atoms with E-state index in [1.165, 1.54) is 12.1 Å². The highest BCUT2D eigenvalue weighted by Gasteiger charge is 2.23. The Kier molecular flexibility index (Phi) is 7.99. The maximum absolute atomic E-state index is 13.2. The second-order valence-electron chi connectivity index (χ2n) is 4.83. The molecule has 1 saturated heterocycles. The predicted octanol–water partition coefficient (Wildman–Crippen LogP) is 2.73. The van der Waals surface area contributed by atoms with Crippen molar-refractivity contribution in [1.29, 1.82) is 0 Å². The monoisotopic (exact) mass is 366 g/mol. The summed E-state index contributed by atoms with van der Waals surface area (Å²) in [4.78, 5) is 2.41. The van der Waals surface area contributed by atoms with Crippen LogP contribution in [0.25, 0.3) is 0 Å². The van der Waals surface area contributed by atoms with Crippen LogP contribution in [0.5, 0.6) is 0 Å². The van der Waals surface area contributed by atoms with Gasteiger partial charge in [-0.3, -0.25) is 4.90 Å². The molecule has 0 aromatic heterocycles. The molecule has 0 amide bonds. The SMILES string of the molecule is Cl.OCCC[C@H](c1ccc(F)cc1Br)N1CCNCC1. The molecule has 2 N–H and O–H groups in total. The van der Waals surface area contributed by atoms with Gasteiger partial charge in [-0.05, 0) is 30.5 Å². The van der Waals surface area contributed by atoms with Gasteiger partial charge in [0.15, 0.2) is 0 Å². The van der Waals surface area contributed by atoms with Gasteiger partial charge in [-0.1, -0.05) is 22.0 Å². The second-order valence-corrected chi connectivity index (χ2v) is 5.69. The Hall–Kier alpha value is -0.200. The van der Waals surface area contributed by atoms with Gasteiger partial charge in [-0.2, -0.15) is 0 Å². The van der Waals surface area contributed by atoms with Crippen LogP contribution >= 0.6 is 28.3 Å². The average molecular weight is 368 g/mol. The average Bonchev–Trinajstić information content (AvgIpc) is 2.42. The van der Waals surface area contributed by atoms with Crippen molar-refractivity contribution in [3.8, 4) is 0 Å². The number of nitrogens with zero attached hydrogens (tertiary/aromatic N) is 1. The van der Waals surface area contributed by atoms with Gasteiger partial charge in [-0.25, -0.2) is 4.39 Å². The van der Waals surface area contributed by atoms with Crippen LogP contribution in [0.15, 0.2) is 22.7 Å². The molecule has 6 heteroatoms. The van der Waals surface area contributed by atoms with E-state index in [0.717, 1.165) is 49.1 Å². The Morgan fingerprint density at radius 2 is 2.05 bits per heavy atom. The predicted molar refractivity (Wildman–Crippen MR) is 84.9 cm³/mol. The van der Waals surface area contributed by atoms with Crippen LogP contribution in [0.2, 0.25) is 0 Å². The molecule has 114 valence electrons. The fraction of sp³-hybridized carbons (Fsp3) is 0.571. The van der Waals surface area contributed by atoms with Gasteiger partial charge in [0.05, 0.1) is 0 Å². The van der Waals surface area contributed by atoms with Gasteiger partial charge < -0.3 is 10.4 Å². The highest BCUT2D eigenvalue weighted by atomic mass is 79.9. The van der Waals surface area contributed by atoms with E-state index < -0.39 is 0 Å². The Bertz CT molecular complexity index is 416. The summed E-state index contributed by atoms with van der Waals surface area (Å²) < 4.78 is 14.0. The molecular weight excluding hydrogens is 347 g/mol. The first-order chi connectivity index (χ1) is 9.22. The molecule has 0 unspecified atom stereocenters. The molecule has 1 heterocycles. The van der Waals surface area contributed by atoms with Crippen molar-refractivity contribution in [1.82, 2.24) is 10.2 Å². The Morgan fingerprint density at radius 1 is 1.35 bits per heavy atom. The zero-order valence-corrected chi connectivity index (χ0v) is 13.7. The number of aliphatic hydroxyl groups is 1. The maximum Gasteiger partial charge on any atom is 0.124 e. The minimum atomic E-state index is -0.225. The summed E-state index contributed by atoms with van der Waals surface area (Å²) in [7, 11) is 0. The van der Waals surface area contributed by atoms with Crippen LogP contribution in [0.4, 0.5) is 4.39 Å². The van der Waals surface area contributed by atoms with Crippen molar-refractivity contribution in [3.63, 3.8) is 0 Å². The molecule has 1 aliphatic heterocycles. The molecule has 20 heavy (non-hydrogen) atoms. The lowest BCUT2D eigenvalue weighted by molar-refractivity contribution is 0.154. The summed E-state index contributed by atoms with van der Waals surface area (Å²) in [5.41, 5.74) is 1.11. The van der Waals surface area contributed by atoms with E-state index in [2.05, 4.69) is 26.1 Å². The van der Waals surface area contributed by atoms with E-state index >= 15 is 0 Å². The second kappa shape index (κ2) is 8.95. The van der Waals surface area contributed by atoms with E-state index in [0.29, 0.717) is 0 Å². The molecule has 0 aliphatic carbocycles. The summed E-state index contributed by atoms with van der Waals surface area (Å²) >= 11 is 3.46. The number of benzene rings is 1. The molecule has 1 atom stereocenters. The van der Waals surface area contributed by atoms with E-state index in [-0.39, 0.29) is 30.9 Å². The van der Waals surface area contributed by atoms with Crippen LogP contribution in [0.1, 0.15) is 24.4 Å². The number of nitrogens with one attached hydrogen (secondary N) is 1. The molecule has 0 spiro atoms. The Morgan fingerprint density at radius 3 is 2.65 bits per heavy atom. The first-order valence-electron chi connectivity index (χ1n) is 6.73. The fourth-order valence-corrected chi connectivity index (χ4v) is 3.20. The molecule has 1 fully saturated rings. The van der Waals surface area contributed by atoms with Gasteiger partial charge in [-0.15, -0.1) is 12.4 Å². The van der Waals surface area contributed by atoms with E-state index in [4.69, 9.17) is 5.11 Å². The van der Waals surface area contributed by atoms with Crippen LogP contribution in [-0.4, -0.2) is 42.8 Å². The Balaban J connectivity index is 0.00000200. The smallest absolute Gasteiger partial charge is 0.124 e. The number of hydrogen-bond acceptors (Lipinski definition) is 3. The number of piperazine rings is 1. The maximum atomic E-state index is 13.2. The van der Waals surface area contributed by atoms with Gasteiger partial charge in [0.1, 0.15) is 5.82 Å². The normalized spacial score (nSPS) is 17.6. The third-order valence-electron chi connectivity index (χ3n) is 3.55. The molecule has 1 aliphatic rings. The first kappa shape index (κ1) is 17.9.